The Morgan fingerprint density at radius 1 is 1.20 bits per heavy atom. The quantitative estimate of drug-likeness (QED) is 0.795. The SMILES string of the molecule is Clc1nccnc1OCC1CCCCC1. The molecule has 15 heavy (non-hydrogen) atoms. The zero-order valence-electron chi connectivity index (χ0n) is 8.66. The Labute approximate surface area is 94.8 Å². The third kappa shape index (κ3) is 3.06. The molecular formula is C11H15ClN2O. The van der Waals surface area contributed by atoms with E-state index in [0.29, 0.717) is 17.0 Å². The first-order chi connectivity index (χ1) is 7.36. The first-order valence-electron chi connectivity index (χ1n) is 5.45. The van der Waals surface area contributed by atoms with Crippen molar-refractivity contribution in [1.82, 2.24) is 9.97 Å². The molecule has 0 amide bonds. The van der Waals surface area contributed by atoms with Gasteiger partial charge in [0.2, 0.25) is 0 Å². The molecule has 0 N–H and O–H groups in total. The molecule has 0 saturated heterocycles. The highest BCUT2D eigenvalue weighted by molar-refractivity contribution is 6.30. The predicted molar refractivity (Wildman–Crippen MR) is 59.1 cm³/mol. The number of aromatic nitrogens is 2. The van der Waals surface area contributed by atoms with Crippen molar-refractivity contribution in [2.75, 3.05) is 6.61 Å². The second-order valence-corrected chi connectivity index (χ2v) is 4.33. The summed E-state index contributed by atoms with van der Waals surface area (Å²) in [5.41, 5.74) is 0. The van der Waals surface area contributed by atoms with Crippen molar-refractivity contribution in [3.63, 3.8) is 0 Å². The third-order valence-corrected chi connectivity index (χ3v) is 3.06. The van der Waals surface area contributed by atoms with Crippen LogP contribution in [0.2, 0.25) is 5.15 Å². The fourth-order valence-electron chi connectivity index (χ4n) is 1.96. The monoisotopic (exact) mass is 226 g/mol. The Bertz CT molecular complexity index is 313. The minimum atomic E-state index is 0.355. The van der Waals surface area contributed by atoms with Crippen molar-refractivity contribution < 1.29 is 4.74 Å². The van der Waals surface area contributed by atoms with Gasteiger partial charge >= 0.3 is 0 Å². The van der Waals surface area contributed by atoms with Gasteiger partial charge in [0.25, 0.3) is 5.88 Å². The van der Waals surface area contributed by atoms with Crippen LogP contribution in [0, 0.1) is 5.92 Å². The van der Waals surface area contributed by atoms with Crippen LogP contribution in [0.1, 0.15) is 32.1 Å². The highest BCUT2D eigenvalue weighted by atomic mass is 35.5. The smallest absolute Gasteiger partial charge is 0.252 e. The Kier molecular flexibility index (Phi) is 3.78. The Morgan fingerprint density at radius 3 is 2.67 bits per heavy atom. The minimum Gasteiger partial charge on any atom is -0.475 e. The van der Waals surface area contributed by atoms with Gasteiger partial charge in [0.05, 0.1) is 6.61 Å². The first kappa shape index (κ1) is 10.7. The summed E-state index contributed by atoms with van der Waals surface area (Å²) in [6.07, 6.45) is 9.69. The van der Waals surface area contributed by atoms with Gasteiger partial charge in [-0.05, 0) is 18.8 Å². The predicted octanol–water partition coefficient (Wildman–Crippen LogP) is 3.09. The van der Waals surface area contributed by atoms with E-state index in [2.05, 4.69) is 9.97 Å². The lowest BCUT2D eigenvalue weighted by Gasteiger charge is -2.21. The summed E-state index contributed by atoms with van der Waals surface area (Å²) in [6, 6.07) is 0. The number of halogens is 1. The molecule has 0 atom stereocenters. The molecule has 4 heteroatoms. The van der Waals surface area contributed by atoms with Gasteiger partial charge in [-0.2, -0.15) is 0 Å². The average molecular weight is 227 g/mol. The summed E-state index contributed by atoms with van der Waals surface area (Å²) in [6.45, 7) is 0.721. The standard InChI is InChI=1S/C11H15ClN2O/c12-10-11(14-7-6-13-10)15-8-9-4-2-1-3-5-9/h6-7,9H,1-5,8H2. The lowest BCUT2D eigenvalue weighted by atomic mass is 9.90. The van der Waals surface area contributed by atoms with Gasteiger partial charge in [0.1, 0.15) is 0 Å². The van der Waals surface area contributed by atoms with Gasteiger partial charge in [0, 0.05) is 12.4 Å². The largest absolute Gasteiger partial charge is 0.475 e. The molecule has 82 valence electrons. The molecule has 0 bridgehead atoms. The Morgan fingerprint density at radius 2 is 1.93 bits per heavy atom. The van der Waals surface area contributed by atoms with Crippen molar-refractivity contribution in [2.45, 2.75) is 32.1 Å². The molecule has 0 spiro atoms. The summed E-state index contributed by atoms with van der Waals surface area (Å²) in [7, 11) is 0. The van der Waals surface area contributed by atoms with Crippen LogP contribution in [0.3, 0.4) is 0 Å². The number of hydrogen-bond acceptors (Lipinski definition) is 3. The van der Waals surface area contributed by atoms with Gasteiger partial charge in [0.15, 0.2) is 5.15 Å². The van der Waals surface area contributed by atoms with Crippen molar-refractivity contribution in [3.8, 4) is 5.88 Å². The Balaban J connectivity index is 1.84. The van der Waals surface area contributed by atoms with Crippen molar-refractivity contribution in [1.29, 1.82) is 0 Å². The maximum Gasteiger partial charge on any atom is 0.252 e. The Hall–Kier alpha value is -0.830. The van der Waals surface area contributed by atoms with Gasteiger partial charge in [-0.15, -0.1) is 0 Å². The zero-order chi connectivity index (χ0) is 10.5. The molecule has 0 unspecified atom stereocenters. The van der Waals surface area contributed by atoms with Crippen LogP contribution in [0.25, 0.3) is 0 Å². The van der Waals surface area contributed by atoms with Gasteiger partial charge in [-0.25, -0.2) is 9.97 Å². The van der Waals surface area contributed by atoms with Crippen LogP contribution in [0.15, 0.2) is 12.4 Å². The fourth-order valence-corrected chi connectivity index (χ4v) is 2.12. The van der Waals surface area contributed by atoms with Gasteiger partial charge in [-0.1, -0.05) is 30.9 Å². The van der Waals surface area contributed by atoms with E-state index in [1.807, 2.05) is 0 Å². The average Bonchev–Trinajstić information content (AvgIpc) is 2.29. The molecule has 1 aromatic rings. The first-order valence-corrected chi connectivity index (χ1v) is 5.83. The molecule has 0 aliphatic heterocycles. The van der Waals surface area contributed by atoms with Crippen LogP contribution in [-0.4, -0.2) is 16.6 Å². The molecule has 1 heterocycles. The van der Waals surface area contributed by atoms with E-state index >= 15 is 0 Å². The van der Waals surface area contributed by atoms with Crippen molar-refractivity contribution in [3.05, 3.63) is 17.5 Å². The second-order valence-electron chi connectivity index (χ2n) is 3.97. The topological polar surface area (TPSA) is 35.0 Å². The van der Waals surface area contributed by atoms with Gasteiger partial charge < -0.3 is 4.74 Å². The van der Waals surface area contributed by atoms with Crippen LogP contribution < -0.4 is 4.74 Å². The minimum absolute atomic E-state index is 0.355. The van der Waals surface area contributed by atoms with Crippen LogP contribution in [0.5, 0.6) is 5.88 Å². The summed E-state index contributed by atoms with van der Waals surface area (Å²) in [4.78, 5) is 7.97. The number of hydrogen-bond donors (Lipinski definition) is 0. The molecule has 0 radical (unpaired) electrons. The van der Waals surface area contributed by atoms with Gasteiger partial charge in [-0.3, -0.25) is 0 Å². The molecular weight excluding hydrogens is 212 g/mol. The van der Waals surface area contributed by atoms with Crippen LogP contribution in [0.4, 0.5) is 0 Å². The second kappa shape index (κ2) is 5.31. The van der Waals surface area contributed by atoms with E-state index in [1.54, 1.807) is 12.4 Å². The number of rotatable bonds is 3. The highest BCUT2D eigenvalue weighted by Crippen LogP contribution is 2.25. The molecule has 1 fully saturated rings. The van der Waals surface area contributed by atoms with E-state index in [-0.39, 0.29) is 0 Å². The van der Waals surface area contributed by atoms with E-state index in [9.17, 15) is 0 Å². The molecule has 2 rings (SSSR count). The summed E-state index contributed by atoms with van der Waals surface area (Å²) >= 11 is 5.84. The van der Waals surface area contributed by atoms with E-state index in [4.69, 9.17) is 16.3 Å². The highest BCUT2D eigenvalue weighted by Gasteiger charge is 2.15. The van der Waals surface area contributed by atoms with Crippen molar-refractivity contribution in [2.24, 2.45) is 5.92 Å². The van der Waals surface area contributed by atoms with Crippen LogP contribution >= 0.6 is 11.6 Å². The molecule has 0 aromatic carbocycles. The lowest BCUT2D eigenvalue weighted by Crippen LogP contribution is -2.15. The molecule has 3 nitrogen and oxygen atoms in total. The number of nitrogens with zero attached hydrogens (tertiary/aromatic N) is 2. The maximum atomic E-state index is 5.84. The summed E-state index contributed by atoms with van der Waals surface area (Å²) in [5.74, 6) is 1.13. The van der Waals surface area contributed by atoms with Crippen molar-refractivity contribution >= 4 is 11.6 Å². The van der Waals surface area contributed by atoms with E-state index in [0.717, 1.165) is 6.61 Å². The normalized spacial score (nSPS) is 17.7. The van der Waals surface area contributed by atoms with E-state index < -0.39 is 0 Å². The maximum absolute atomic E-state index is 5.84. The fraction of sp³-hybridized carbons (Fsp3) is 0.636. The molecule has 1 saturated carbocycles. The van der Waals surface area contributed by atoms with E-state index in [1.165, 1.54) is 32.1 Å². The third-order valence-electron chi connectivity index (χ3n) is 2.80. The lowest BCUT2D eigenvalue weighted by molar-refractivity contribution is 0.202. The molecule has 1 aliphatic carbocycles. The molecule has 1 aliphatic rings. The van der Waals surface area contributed by atoms with Crippen LogP contribution in [-0.2, 0) is 0 Å². The summed E-state index contributed by atoms with van der Waals surface area (Å²) in [5, 5.41) is 0.355. The summed E-state index contributed by atoms with van der Waals surface area (Å²) < 4.78 is 5.57. The number of ether oxygens (including phenoxy) is 1. The molecule has 1 aromatic heterocycles. The zero-order valence-corrected chi connectivity index (χ0v) is 9.41.